The fourth-order valence-electron chi connectivity index (χ4n) is 2.24. The molecule has 0 radical (unpaired) electrons. The standard InChI is InChI=1S/C13H19FN2OS/c1-8-9(2)18-5-4-16(8)12-7-13(17-3)10(14)6-11(12)15/h6-9H,4-5,15H2,1-3H3. The smallest absolute Gasteiger partial charge is 0.167 e. The number of halogens is 1. The maximum absolute atomic E-state index is 13.5. The van der Waals surface area contributed by atoms with Gasteiger partial charge in [-0.15, -0.1) is 0 Å². The number of ether oxygens (including phenoxy) is 1. The van der Waals surface area contributed by atoms with Crippen molar-refractivity contribution in [1.82, 2.24) is 0 Å². The Hall–Kier alpha value is -1.10. The maximum Gasteiger partial charge on any atom is 0.167 e. The summed E-state index contributed by atoms with van der Waals surface area (Å²) in [5.74, 6) is 0.896. The normalized spacial score (nSPS) is 24.1. The van der Waals surface area contributed by atoms with Crippen molar-refractivity contribution in [1.29, 1.82) is 0 Å². The molecule has 18 heavy (non-hydrogen) atoms. The van der Waals surface area contributed by atoms with Gasteiger partial charge in [0.1, 0.15) is 0 Å². The van der Waals surface area contributed by atoms with Crippen LogP contribution in [-0.2, 0) is 0 Å². The van der Waals surface area contributed by atoms with E-state index in [0.29, 0.717) is 17.0 Å². The average Bonchev–Trinajstić information content (AvgIpc) is 2.34. The number of anilines is 2. The molecule has 1 aliphatic rings. The molecule has 0 spiro atoms. The van der Waals surface area contributed by atoms with Crippen molar-refractivity contribution in [2.45, 2.75) is 25.1 Å². The molecule has 1 saturated heterocycles. The fraction of sp³-hybridized carbons (Fsp3) is 0.538. The highest BCUT2D eigenvalue weighted by atomic mass is 32.2. The number of thioether (sulfide) groups is 1. The fourth-order valence-corrected chi connectivity index (χ4v) is 3.34. The Labute approximate surface area is 111 Å². The summed E-state index contributed by atoms with van der Waals surface area (Å²) in [7, 11) is 1.47. The molecule has 1 fully saturated rings. The van der Waals surface area contributed by atoms with Crippen LogP contribution < -0.4 is 15.4 Å². The Morgan fingerprint density at radius 2 is 2.17 bits per heavy atom. The van der Waals surface area contributed by atoms with Crippen LogP contribution >= 0.6 is 11.8 Å². The first-order valence-corrected chi connectivity index (χ1v) is 7.10. The summed E-state index contributed by atoms with van der Waals surface area (Å²) in [6, 6.07) is 3.41. The summed E-state index contributed by atoms with van der Waals surface area (Å²) in [5.41, 5.74) is 7.28. The van der Waals surface area contributed by atoms with Gasteiger partial charge in [-0.1, -0.05) is 6.92 Å². The number of benzene rings is 1. The van der Waals surface area contributed by atoms with Gasteiger partial charge in [-0.05, 0) is 6.92 Å². The van der Waals surface area contributed by atoms with Crippen LogP contribution in [0.2, 0.25) is 0 Å². The second-order valence-electron chi connectivity index (χ2n) is 4.56. The van der Waals surface area contributed by atoms with Gasteiger partial charge in [0.05, 0.1) is 18.5 Å². The first-order valence-electron chi connectivity index (χ1n) is 6.06. The van der Waals surface area contributed by atoms with Crippen LogP contribution in [0.25, 0.3) is 0 Å². The summed E-state index contributed by atoms with van der Waals surface area (Å²) in [6.07, 6.45) is 0. The third-order valence-corrected chi connectivity index (χ3v) is 4.83. The van der Waals surface area contributed by atoms with Crippen molar-refractivity contribution in [2.75, 3.05) is 30.0 Å². The minimum absolute atomic E-state index is 0.247. The number of methoxy groups -OCH3 is 1. The van der Waals surface area contributed by atoms with E-state index in [9.17, 15) is 4.39 Å². The summed E-state index contributed by atoms with van der Waals surface area (Å²) >= 11 is 1.96. The Balaban J connectivity index is 2.37. The van der Waals surface area contributed by atoms with E-state index in [1.54, 1.807) is 6.07 Å². The van der Waals surface area contributed by atoms with Crippen molar-refractivity contribution < 1.29 is 9.13 Å². The lowest BCUT2D eigenvalue weighted by atomic mass is 10.1. The molecular formula is C13H19FN2OS. The van der Waals surface area contributed by atoms with Crippen LogP contribution in [0.4, 0.5) is 15.8 Å². The number of nitrogens with zero attached hydrogens (tertiary/aromatic N) is 1. The van der Waals surface area contributed by atoms with Gasteiger partial charge in [0.25, 0.3) is 0 Å². The third kappa shape index (κ3) is 2.36. The van der Waals surface area contributed by atoms with E-state index >= 15 is 0 Å². The lowest BCUT2D eigenvalue weighted by Gasteiger charge is -2.39. The van der Waals surface area contributed by atoms with Crippen molar-refractivity contribution in [3.8, 4) is 5.75 Å². The second kappa shape index (κ2) is 5.26. The number of hydrogen-bond donors (Lipinski definition) is 1. The molecule has 2 unspecified atom stereocenters. The van der Waals surface area contributed by atoms with Gasteiger partial charge in [0, 0.05) is 35.7 Å². The molecule has 0 aromatic heterocycles. The minimum Gasteiger partial charge on any atom is -0.494 e. The van der Waals surface area contributed by atoms with Gasteiger partial charge in [-0.2, -0.15) is 11.8 Å². The highest BCUT2D eigenvalue weighted by molar-refractivity contribution is 8.00. The van der Waals surface area contributed by atoms with Gasteiger partial charge in [-0.3, -0.25) is 0 Å². The Kier molecular flexibility index (Phi) is 3.90. The Morgan fingerprint density at radius 3 is 2.83 bits per heavy atom. The Morgan fingerprint density at radius 1 is 1.44 bits per heavy atom. The molecule has 0 amide bonds. The predicted octanol–water partition coefficient (Wildman–Crippen LogP) is 2.75. The van der Waals surface area contributed by atoms with Gasteiger partial charge >= 0.3 is 0 Å². The summed E-state index contributed by atoms with van der Waals surface area (Å²) < 4.78 is 18.6. The molecule has 1 aliphatic heterocycles. The van der Waals surface area contributed by atoms with Crippen LogP contribution in [0, 0.1) is 5.82 Å². The molecular weight excluding hydrogens is 251 g/mol. The van der Waals surface area contributed by atoms with E-state index in [-0.39, 0.29) is 5.75 Å². The number of rotatable bonds is 2. The molecule has 5 heteroatoms. The maximum atomic E-state index is 13.5. The summed E-state index contributed by atoms with van der Waals surface area (Å²) in [6.45, 7) is 5.31. The lowest BCUT2D eigenvalue weighted by molar-refractivity contribution is 0.386. The van der Waals surface area contributed by atoms with Crippen molar-refractivity contribution in [3.05, 3.63) is 17.9 Å². The van der Waals surface area contributed by atoms with Crippen LogP contribution in [0.1, 0.15) is 13.8 Å². The topological polar surface area (TPSA) is 38.5 Å². The van der Waals surface area contributed by atoms with Gasteiger partial charge in [0.2, 0.25) is 0 Å². The molecule has 2 N–H and O–H groups in total. The quantitative estimate of drug-likeness (QED) is 0.839. The SMILES string of the molecule is COc1cc(N2CCSC(C)C2C)c(N)cc1F. The highest BCUT2D eigenvalue weighted by Crippen LogP contribution is 2.36. The van der Waals surface area contributed by atoms with Crippen molar-refractivity contribution in [3.63, 3.8) is 0 Å². The first kappa shape index (κ1) is 13.3. The number of nitrogens with two attached hydrogens (primary N) is 1. The van der Waals surface area contributed by atoms with Crippen molar-refractivity contribution >= 4 is 23.1 Å². The molecule has 1 aromatic carbocycles. The van der Waals surface area contributed by atoms with E-state index in [4.69, 9.17) is 10.5 Å². The zero-order valence-electron chi connectivity index (χ0n) is 10.9. The summed E-state index contributed by atoms with van der Waals surface area (Å²) in [4.78, 5) is 2.23. The van der Waals surface area contributed by atoms with Gasteiger partial charge < -0.3 is 15.4 Å². The van der Waals surface area contributed by atoms with Crippen LogP contribution in [0.15, 0.2) is 12.1 Å². The molecule has 1 aromatic rings. The largest absolute Gasteiger partial charge is 0.494 e. The van der Waals surface area contributed by atoms with E-state index in [0.717, 1.165) is 18.0 Å². The highest BCUT2D eigenvalue weighted by Gasteiger charge is 2.27. The van der Waals surface area contributed by atoms with Gasteiger partial charge in [0.15, 0.2) is 11.6 Å². The lowest BCUT2D eigenvalue weighted by Crippen LogP contribution is -2.45. The number of hydrogen-bond acceptors (Lipinski definition) is 4. The van der Waals surface area contributed by atoms with Crippen molar-refractivity contribution in [2.24, 2.45) is 0 Å². The van der Waals surface area contributed by atoms with Gasteiger partial charge in [-0.25, -0.2) is 4.39 Å². The molecule has 0 saturated carbocycles. The molecule has 0 aliphatic carbocycles. The minimum atomic E-state index is -0.411. The molecule has 2 rings (SSSR count). The zero-order chi connectivity index (χ0) is 13.3. The Bertz CT molecular complexity index is 441. The average molecular weight is 270 g/mol. The predicted molar refractivity (Wildman–Crippen MR) is 76.1 cm³/mol. The first-order chi connectivity index (χ1) is 8.54. The van der Waals surface area contributed by atoms with Crippen LogP contribution in [-0.4, -0.2) is 30.7 Å². The monoisotopic (exact) mass is 270 g/mol. The van der Waals surface area contributed by atoms with Crippen LogP contribution in [0.3, 0.4) is 0 Å². The number of nitrogen functional groups attached to an aromatic ring is 1. The van der Waals surface area contributed by atoms with E-state index in [2.05, 4.69) is 18.7 Å². The van der Waals surface area contributed by atoms with E-state index in [1.165, 1.54) is 13.2 Å². The molecule has 1 heterocycles. The van der Waals surface area contributed by atoms with E-state index < -0.39 is 5.82 Å². The van der Waals surface area contributed by atoms with Crippen LogP contribution in [0.5, 0.6) is 5.75 Å². The third-order valence-electron chi connectivity index (χ3n) is 3.49. The molecule has 3 nitrogen and oxygen atoms in total. The zero-order valence-corrected chi connectivity index (χ0v) is 11.8. The molecule has 2 atom stereocenters. The summed E-state index contributed by atoms with van der Waals surface area (Å²) in [5, 5.41) is 0.536. The molecule has 0 bridgehead atoms. The van der Waals surface area contributed by atoms with E-state index in [1.807, 2.05) is 11.8 Å². The molecule has 100 valence electrons. The second-order valence-corrected chi connectivity index (χ2v) is 6.04.